The summed E-state index contributed by atoms with van der Waals surface area (Å²) in [4.78, 5) is 40.9. The summed E-state index contributed by atoms with van der Waals surface area (Å²) in [5, 5.41) is 11.3. The van der Waals surface area contributed by atoms with Gasteiger partial charge >= 0.3 is 6.03 Å². The summed E-state index contributed by atoms with van der Waals surface area (Å²) < 4.78 is 80.9. The molecule has 0 unspecified atom stereocenters. The Balaban J connectivity index is 0.000000208. The van der Waals surface area contributed by atoms with Crippen molar-refractivity contribution in [2.24, 2.45) is 5.14 Å². The van der Waals surface area contributed by atoms with E-state index in [0.717, 1.165) is 0 Å². The number of halogens is 2. The zero-order valence-electron chi connectivity index (χ0n) is 32.2. The van der Waals surface area contributed by atoms with E-state index in [-0.39, 0.29) is 33.2 Å². The molecule has 0 radical (unpaired) electrons. The number of carbonyl (C=O) groups is 3. The molecular formula is C40H42F2N8O7S2. The van der Waals surface area contributed by atoms with E-state index in [4.69, 9.17) is 5.14 Å². The first-order valence-corrected chi connectivity index (χ1v) is 21.3. The maximum Gasteiger partial charge on any atom is 0.331 e. The van der Waals surface area contributed by atoms with Gasteiger partial charge in [-0.05, 0) is 106 Å². The van der Waals surface area contributed by atoms with Crippen molar-refractivity contribution in [2.75, 3.05) is 43.9 Å². The first-order valence-electron chi connectivity index (χ1n) is 18.3. The van der Waals surface area contributed by atoms with E-state index in [1.807, 2.05) is 7.05 Å². The number of sulfonamides is 2. The van der Waals surface area contributed by atoms with Gasteiger partial charge in [0, 0.05) is 60.7 Å². The third kappa shape index (κ3) is 9.77. The van der Waals surface area contributed by atoms with Gasteiger partial charge < -0.3 is 29.6 Å². The highest BCUT2D eigenvalue weighted by Gasteiger charge is 2.25. The lowest BCUT2D eigenvalue weighted by Gasteiger charge is -2.32. The Labute approximate surface area is 339 Å². The van der Waals surface area contributed by atoms with Crippen molar-refractivity contribution < 1.29 is 40.0 Å². The van der Waals surface area contributed by atoms with E-state index in [2.05, 4.69) is 20.3 Å². The van der Waals surface area contributed by atoms with Crippen LogP contribution in [0.25, 0.3) is 21.8 Å². The predicted molar refractivity (Wildman–Crippen MR) is 220 cm³/mol. The molecule has 1 aliphatic rings. The van der Waals surface area contributed by atoms with Gasteiger partial charge in [0.25, 0.3) is 10.0 Å². The number of anilines is 2. The van der Waals surface area contributed by atoms with Gasteiger partial charge in [0.1, 0.15) is 23.7 Å². The summed E-state index contributed by atoms with van der Waals surface area (Å²) in [6.45, 7) is 5.63. The van der Waals surface area contributed by atoms with Gasteiger partial charge in [-0.1, -0.05) is 12.1 Å². The molecule has 4 amide bonds. The summed E-state index contributed by atoms with van der Waals surface area (Å²) in [6.07, 6.45) is 3.30. The molecule has 3 heterocycles. The van der Waals surface area contributed by atoms with Gasteiger partial charge in [0.05, 0.1) is 20.8 Å². The van der Waals surface area contributed by atoms with Crippen LogP contribution in [-0.4, -0.2) is 86.8 Å². The molecular weight excluding hydrogens is 807 g/mol. The first-order chi connectivity index (χ1) is 27.9. The van der Waals surface area contributed by atoms with Gasteiger partial charge in [-0.15, -0.1) is 0 Å². The minimum absolute atomic E-state index is 0.0366. The largest absolute Gasteiger partial charge is 0.335 e. The van der Waals surface area contributed by atoms with E-state index in [0.29, 0.717) is 59.4 Å². The highest BCUT2D eigenvalue weighted by Crippen LogP contribution is 2.25. The van der Waals surface area contributed by atoms with Crippen LogP contribution < -0.4 is 20.5 Å². The molecule has 2 atom stereocenters. The van der Waals surface area contributed by atoms with Crippen LogP contribution >= 0.6 is 0 Å². The number of primary sulfonamides is 1. The summed E-state index contributed by atoms with van der Waals surface area (Å²) in [5.41, 5.74) is 2.04. The van der Waals surface area contributed by atoms with E-state index in [9.17, 15) is 40.0 Å². The molecule has 59 heavy (non-hydrogen) atoms. The Morgan fingerprint density at radius 3 is 1.47 bits per heavy atom. The predicted octanol–water partition coefficient (Wildman–Crippen LogP) is 5.25. The Morgan fingerprint density at radius 2 is 1.05 bits per heavy atom. The number of nitrogens with two attached hydrogens (primary N) is 1. The first kappa shape index (κ1) is 42.5. The molecule has 5 N–H and O–H groups in total. The molecule has 0 aliphatic carbocycles. The van der Waals surface area contributed by atoms with Crippen molar-refractivity contribution in [3.8, 4) is 0 Å². The molecule has 6 aromatic rings. The van der Waals surface area contributed by atoms with E-state index < -0.39 is 38.2 Å². The van der Waals surface area contributed by atoms with Crippen LogP contribution in [0.15, 0.2) is 119 Å². The second-order valence-corrected chi connectivity index (χ2v) is 17.2. The molecule has 310 valence electrons. The number of urea groups is 1. The maximum atomic E-state index is 14.0. The highest BCUT2D eigenvalue weighted by atomic mass is 32.2. The van der Waals surface area contributed by atoms with Gasteiger partial charge in [0.2, 0.25) is 21.8 Å². The third-order valence-electron chi connectivity index (χ3n) is 9.91. The average molecular weight is 849 g/mol. The van der Waals surface area contributed by atoms with Crippen molar-refractivity contribution in [1.29, 1.82) is 0 Å². The molecule has 1 saturated heterocycles. The number of likely N-dealkylation sites (N-methyl/N-ethyl adjacent to an activating group) is 1. The quantitative estimate of drug-likeness (QED) is 0.151. The molecule has 0 spiro atoms. The van der Waals surface area contributed by atoms with Crippen LogP contribution in [0, 0.1) is 11.6 Å². The second-order valence-electron chi connectivity index (χ2n) is 13.9. The number of aromatic nitrogens is 2. The number of piperazine rings is 1. The number of hydrogen-bond donors (Lipinski definition) is 4. The van der Waals surface area contributed by atoms with Crippen molar-refractivity contribution in [3.05, 3.63) is 121 Å². The van der Waals surface area contributed by atoms with Crippen molar-refractivity contribution in [2.45, 2.75) is 35.7 Å². The summed E-state index contributed by atoms with van der Waals surface area (Å²) in [5.74, 6) is -1.37. The van der Waals surface area contributed by atoms with Crippen molar-refractivity contribution in [1.82, 2.24) is 23.7 Å². The monoisotopic (exact) mass is 848 g/mol. The van der Waals surface area contributed by atoms with Gasteiger partial charge in [-0.25, -0.2) is 40.3 Å². The fourth-order valence-electron chi connectivity index (χ4n) is 6.42. The zero-order valence-corrected chi connectivity index (χ0v) is 33.8. The zero-order chi connectivity index (χ0) is 42.6. The highest BCUT2D eigenvalue weighted by molar-refractivity contribution is 7.90. The summed E-state index contributed by atoms with van der Waals surface area (Å²) >= 11 is 0. The smallest absolute Gasteiger partial charge is 0.331 e. The molecule has 0 saturated carbocycles. The summed E-state index contributed by atoms with van der Waals surface area (Å²) in [7, 11) is -5.90. The van der Waals surface area contributed by atoms with E-state index >= 15 is 0 Å². The van der Waals surface area contributed by atoms with Crippen LogP contribution in [0.1, 0.15) is 25.9 Å². The minimum atomic E-state index is -4.05. The maximum absolute atomic E-state index is 14.0. The Morgan fingerprint density at radius 1 is 0.627 bits per heavy atom. The Hall–Kier alpha value is -6.15. The molecule has 0 bridgehead atoms. The lowest BCUT2D eigenvalue weighted by molar-refractivity contribution is -0.119. The number of amides is 4. The van der Waals surface area contributed by atoms with Gasteiger partial charge in [-0.3, -0.25) is 9.59 Å². The number of rotatable bonds is 9. The van der Waals surface area contributed by atoms with Crippen molar-refractivity contribution >= 4 is 71.1 Å². The fourth-order valence-corrected chi connectivity index (χ4v) is 7.90. The molecule has 19 heteroatoms. The number of nitrogens with zero attached hydrogens (tertiary/aromatic N) is 4. The number of carbonyl (C=O) groups excluding carboxylic acids is 3. The number of fused-ring (bicyclic) bond motifs is 2. The minimum Gasteiger partial charge on any atom is -0.335 e. The Kier molecular flexibility index (Phi) is 12.5. The van der Waals surface area contributed by atoms with E-state index in [1.54, 1.807) is 71.8 Å². The molecule has 4 aromatic carbocycles. The Bertz CT molecular complexity index is 2730. The number of hydrogen-bond acceptors (Lipinski definition) is 8. The molecule has 15 nitrogen and oxygen atoms in total. The fraction of sp³-hybridized carbons (Fsp3) is 0.225. The average Bonchev–Trinajstić information content (AvgIpc) is 3.84. The third-order valence-corrected chi connectivity index (χ3v) is 12.2. The van der Waals surface area contributed by atoms with Crippen molar-refractivity contribution in [3.63, 3.8) is 0 Å². The van der Waals surface area contributed by atoms with Crippen LogP contribution in [0.5, 0.6) is 0 Å². The van der Waals surface area contributed by atoms with Crippen LogP contribution in [-0.2, 0) is 29.6 Å². The molecule has 1 aliphatic heterocycles. The normalized spacial score (nSPS) is 14.6. The van der Waals surface area contributed by atoms with Gasteiger partial charge in [-0.2, -0.15) is 0 Å². The van der Waals surface area contributed by atoms with Crippen LogP contribution in [0.3, 0.4) is 0 Å². The number of benzene rings is 4. The molecule has 2 aromatic heterocycles. The molecule has 1 fully saturated rings. The summed E-state index contributed by atoms with van der Waals surface area (Å²) in [6, 6.07) is 21.8. The lowest BCUT2D eigenvalue weighted by Crippen LogP contribution is -2.51. The molecule has 7 rings (SSSR count). The standard InChI is InChI=1S/C23H26FN5O4S.C17H16FN3O3S/c1-16(29-11-10-19-20(24)4-3-5-21(19)29)22(30)25-17-6-8-18(9-7-17)34(32,33)26-23(31)28-14-12-27(2)13-15-28;1-11(21-10-9-14-15(18)3-2-4-16(14)21)17(22)20-12-5-7-13(8-6-12)25(19,23)24/h3-11,16H,12-15H2,1-2H3,(H,25,30)(H,26,31);2-11H,1H3,(H,20,22)(H2,19,23,24)/t16-;11-/m11/s1. The van der Waals surface area contributed by atoms with Gasteiger partial charge in [0.15, 0.2) is 0 Å². The second kappa shape index (κ2) is 17.4. The topological polar surface area (TPSA) is 198 Å². The SMILES string of the molecule is C[C@H](C(=O)Nc1ccc(S(=O)(=O)NC(=O)N2CCN(C)CC2)cc1)n1ccc2c(F)cccc21.C[C@H](C(=O)Nc1ccc(S(N)(=O)=O)cc1)n1ccc2c(F)cccc21. The van der Waals surface area contributed by atoms with Crippen LogP contribution in [0.4, 0.5) is 25.0 Å². The van der Waals surface area contributed by atoms with E-state index in [1.165, 1.54) is 65.6 Å². The lowest BCUT2D eigenvalue weighted by atomic mass is 10.2. The van der Waals surface area contributed by atoms with Crippen LogP contribution in [0.2, 0.25) is 0 Å². The number of nitrogens with one attached hydrogen (secondary N) is 3.